The molecule has 26 heavy (non-hydrogen) atoms. The highest BCUT2D eigenvalue weighted by Gasteiger charge is 2.20. The van der Waals surface area contributed by atoms with Crippen LogP contribution in [0.2, 0.25) is 0 Å². The Balaban J connectivity index is 2.15. The molecule has 0 aromatic heterocycles. The zero-order chi connectivity index (χ0) is 19.2. The molecule has 8 heteroatoms. The summed E-state index contributed by atoms with van der Waals surface area (Å²) in [6.45, 7) is 0. The molecule has 0 aliphatic carbocycles. The van der Waals surface area contributed by atoms with Gasteiger partial charge < -0.3 is 14.8 Å². The molecular formula is C18H22N2O5S. The molecule has 0 fully saturated rings. The maximum atomic E-state index is 12.4. The van der Waals surface area contributed by atoms with Gasteiger partial charge >= 0.3 is 0 Å². The van der Waals surface area contributed by atoms with Crippen LogP contribution >= 0.6 is 0 Å². The van der Waals surface area contributed by atoms with Gasteiger partial charge in [0.25, 0.3) is 0 Å². The standard InChI is InChI=1S/C18H22N2O5S/c1-24-15-9-7-13(8-10-15)17(20-26(3,22)23)12-18(21)19-14-5-4-6-16(11-14)25-2/h4-11,17,20H,12H2,1-3H3,(H,19,21)/t17-/m1/s1. The summed E-state index contributed by atoms with van der Waals surface area (Å²) >= 11 is 0. The minimum atomic E-state index is -3.50. The number of rotatable bonds is 8. The van der Waals surface area contributed by atoms with Gasteiger partial charge in [0.15, 0.2) is 0 Å². The second-order valence-electron chi connectivity index (χ2n) is 5.70. The van der Waals surface area contributed by atoms with Gasteiger partial charge in [-0.1, -0.05) is 18.2 Å². The summed E-state index contributed by atoms with van der Waals surface area (Å²) < 4.78 is 36.1. The molecule has 0 aliphatic rings. The predicted octanol–water partition coefficient (Wildman–Crippen LogP) is 2.32. The van der Waals surface area contributed by atoms with E-state index >= 15 is 0 Å². The number of amides is 1. The minimum Gasteiger partial charge on any atom is -0.497 e. The molecule has 0 saturated carbocycles. The maximum absolute atomic E-state index is 12.4. The number of ether oxygens (including phenoxy) is 2. The number of carbonyl (C=O) groups excluding carboxylic acids is 1. The first kappa shape index (κ1) is 19.7. The van der Waals surface area contributed by atoms with Gasteiger partial charge in [-0.05, 0) is 29.8 Å². The molecule has 0 spiro atoms. The highest BCUT2D eigenvalue weighted by atomic mass is 32.2. The van der Waals surface area contributed by atoms with Crippen molar-refractivity contribution in [3.05, 3.63) is 54.1 Å². The molecule has 1 amide bonds. The Morgan fingerprint density at radius 2 is 1.69 bits per heavy atom. The lowest BCUT2D eigenvalue weighted by atomic mass is 10.0. The lowest BCUT2D eigenvalue weighted by Crippen LogP contribution is -2.30. The smallest absolute Gasteiger partial charge is 0.226 e. The number of methoxy groups -OCH3 is 2. The van der Waals surface area contributed by atoms with Crippen molar-refractivity contribution < 1.29 is 22.7 Å². The minimum absolute atomic E-state index is 0.0589. The summed E-state index contributed by atoms with van der Waals surface area (Å²) in [5.74, 6) is 0.937. The highest BCUT2D eigenvalue weighted by molar-refractivity contribution is 7.88. The zero-order valence-corrected chi connectivity index (χ0v) is 15.7. The van der Waals surface area contributed by atoms with E-state index in [1.54, 1.807) is 55.6 Å². The highest BCUT2D eigenvalue weighted by Crippen LogP contribution is 2.23. The first-order valence-corrected chi connectivity index (χ1v) is 9.75. The summed E-state index contributed by atoms with van der Waals surface area (Å²) in [7, 11) is -0.415. The fourth-order valence-electron chi connectivity index (χ4n) is 2.42. The van der Waals surface area contributed by atoms with Crippen LogP contribution in [0.15, 0.2) is 48.5 Å². The number of benzene rings is 2. The van der Waals surface area contributed by atoms with E-state index in [9.17, 15) is 13.2 Å². The monoisotopic (exact) mass is 378 g/mol. The first-order valence-electron chi connectivity index (χ1n) is 7.86. The fourth-order valence-corrected chi connectivity index (χ4v) is 3.16. The van der Waals surface area contributed by atoms with Crippen LogP contribution in [-0.4, -0.2) is 34.8 Å². The number of sulfonamides is 1. The van der Waals surface area contributed by atoms with Crippen molar-refractivity contribution in [2.75, 3.05) is 25.8 Å². The van der Waals surface area contributed by atoms with Crippen LogP contribution in [0.4, 0.5) is 5.69 Å². The summed E-state index contributed by atoms with van der Waals surface area (Å²) in [6, 6.07) is 13.1. The van der Waals surface area contributed by atoms with Gasteiger partial charge in [0, 0.05) is 18.2 Å². The van der Waals surface area contributed by atoms with E-state index in [1.165, 1.54) is 7.11 Å². The number of hydrogen-bond acceptors (Lipinski definition) is 5. The molecule has 2 N–H and O–H groups in total. The normalized spacial score (nSPS) is 12.3. The third-order valence-electron chi connectivity index (χ3n) is 3.62. The van der Waals surface area contributed by atoms with Crippen molar-refractivity contribution in [2.45, 2.75) is 12.5 Å². The topological polar surface area (TPSA) is 93.7 Å². The van der Waals surface area contributed by atoms with Gasteiger partial charge in [-0.3, -0.25) is 4.79 Å². The van der Waals surface area contributed by atoms with Gasteiger partial charge in [-0.25, -0.2) is 13.1 Å². The quantitative estimate of drug-likeness (QED) is 0.735. The van der Waals surface area contributed by atoms with Gasteiger partial charge in [0.2, 0.25) is 15.9 Å². The largest absolute Gasteiger partial charge is 0.497 e. The van der Waals surface area contributed by atoms with Crippen LogP contribution in [0.5, 0.6) is 11.5 Å². The maximum Gasteiger partial charge on any atom is 0.226 e. The Morgan fingerprint density at radius 3 is 2.27 bits per heavy atom. The molecule has 0 radical (unpaired) electrons. The Morgan fingerprint density at radius 1 is 1.04 bits per heavy atom. The van der Waals surface area contributed by atoms with E-state index in [2.05, 4.69) is 10.0 Å². The Bertz CT molecular complexity index is 850. The molecule has 2 aromatic rings. The average molecular weight is 378 g/mol. The average Bonchev–Trinajstić information content (AvgIpc) is 2.60. The summed E-state index contributed by atoms with van der Waals surface area (Å²) in [4.78, 5) is 12.4. The van der Waals surface area contributed by atoms with Crippen molar-refractivity contribution in [1.82, 2.24) is 4.72 Å². The molecule has 0 heterocycles. The SMILES string of the molecule is COc1ccc([C@@H](CC(=O)Nc2cccc(OC)c2)NS(C)(=O)=O)cc1. The van der Waals surface area contributed by atoms with Crippen LogP contribution < -0.4 is 19.5 Å². The Labute approximate surface area is 153 Å². The zero-order valence-electron chi connectivity index (χ0n) is 14.9. The van der Waals surface area contributed by atoms with E-state index < -0.39 is 16.1 Å². The predicted molar refractivity (Wildman–Crippen MR) is 100.0 cm³/mol. The molecule has 0 unspecified atom stereocenters. The van der Waals surface area contributed by atoms with Crippen molar-refractivity contribution in [3.63, 3.8) is 0 Å². The lowest BCUT2D eigenvalue weighted by Gasteiger charge is -2.18. The second kappa shape index (κ2) is 8.68. The molecule has 2 rings (SSSR count). The van der Waals surface area contributed by atoms with Crippen LogP contribution in [0, 0.1) is 0 Å². The molecule has 7 nitrogen and oxygen atoms in total. The molecular weight excluding hydrogens is 356 g/mol. The fraction of sp³-hybridized carbons (Fsp3) is 0.278. The van der Waals surface area contributed by atoms with Crippen molar-refractivity contribution in [1.29, 1.82) is 0 Å². The van der Waals surface area contributed by atoms with Gasteiger partial charge in [0.05, 0.1) is 26.5 Å². The third-order valence-corrected chi connectivity index (χ3v) is 4.33. The Kier molecular flexibility index (Phi) is 6.59. The molecule has 0 aliphatic heterocycles. The number of hydrogen-bond donors (Lipinski definition) is 2. The first-order chi connectivity index (χ1) is 12.3. The van der Waals surface area contributed by atoms with Crippen molar-refractivity contribution >= 4 is 21.6 Å². The van der Waals surface area contributed by atoms with Crippen LogP contribution in [-0.2, 0) is 14.8 Å². The van der Waals surface area contributed by atoms with Crippen molar-refractivity contribution in [2.24, 2.45) is 0 Å². The van der Waals surface area contributed by atoms with Gasteiger partial charge in [-0.2, -0.15) is 0 Å². The number of carbonyl (C=O) groups is 1. The van der Waals surface area contributed by atoms with Crippen LogP contribution in [0.3, 0.4) is 0 Å². The summed E-state index contributed by atoms with van der Waals surface area (Å²) in [5, 5.41) is 2.75. The van der Waals surface area contributed by atoms with Gasteiger partial charge in [-0.15, -0.1) is 0 Å². The molecule has 2 aromatic carbocycles. The van der Waals surface area contributed by atoms with Gasteiger partial charge in [0.1, 0.15) is 11.5 Å². The van der Waals surface area contributed by atoms with E-state index in [4.69, 9.17) is 9.47 Å². The van der Waals surface area contributed by atoms with Crippen molar-refractivity contribution in [3.8, 4) is 11.5 Å². The van der Waals surface area contributed by atoms with E-state index in [1.807, 2.05) is 0 Å². The van der Waals surface area contributed by atoms with Crippen LogP contribution in [0.25, 0.3) is 0 Å². The second-order valence-corrected chi connectivity index (χ2v) is 7.48. The molecule has 0 bridgehead atoms. The van der Waals surface area contributed by atoms with E-state index in [-0.39, 0.29) is 12.3 Å². The third kappa shape index (κ3) is 6.05. The van der Waals surface area contributed by atoms with Crippen LogP contribution in [0.1, 0.15) is 18.0 Å². The Hall–Kier alpha value is -2.58. The molecule has 140 valence electrons. The lowest BCUT2D eigenvalue weighted by molar-refractivity contribution is -0.116. The number of nitrogens with one attached hydrogen (secondary N) is 2. The number of anilines is 1. The molecule has 1 atom stereocenters. The van der Waals surface area contributed by atoms with E-state index in [0.29, 0.717) is 22.7 Å². The summed E-state index contributed by atoms with van der Waals surface area (Å²) in [6.07, 6.45) is 1.00. The summed E-state index contributed by atoms with van der Waals surface area (Å²) in [5.41, 5.74) is 1.24. The molecule has 0 saturated heterocycles. The van der Waals surface area contributed by atoms with E-state index in [0.717, 1.165) is 6.26 Å².